The van der Waals surface area contributed by atoms with Gasteiger partial charge in [0.25, 0.3) is 5.91 Å². The second-order valence-corrected chi connectivity index (χ2v) is 8.86. The summed E-state index contributed by atoms with van der Waals surface area (Å²) in [5.74, 6) is 6.43. The first-order valence-corrected chi connectivity index (χ1v) is 11.7. The maximum Gasteiger partial charge on any atom is 0.319 e. The van der Waals surface area contributed by atoms with Crippen molar-refractivity contribution >= 4 is 17.6 Å². The Morgan fingerprint density at radius 3 is 2.74 bits per heavy atom. The van der Waals surface area contributed by atoms with E-state index in [1.807, 2.05) is 24.0 Å². The number of nitriles is 1. The van der Waals surface area contributed by atoms with Gasteiger partial charge in [0.2, 0.25) is 0 Å². The Morgan fingerprint density at radius 1 is 1.21 bits per heavy atom. The molecule has 0 aromatic carbocycles. The van der Waals surface area contributed by atoms with Gasteiger partial charge in [-0.05, 0) is 49.8 Å². The van der Waals surface area contributed by atoms with Gasteiger partial charge in [-0.25, -0.2) is 4.79 Å². The smallest absolute Gasteiger partial charge is 0.319 e. The number of aryl methyl sites for hydroxylation is 1. The van der Waals surface area contributed by atoms with Crippen LogP contribution in [0.25, 0.3) is 0 Å². The van der Waals surface area contributed by atoms with Crippen LogP contribution in [-0.2, 0) is 4.74 Å². The lowest BCUT2D eigenvalue weighted by Crippen LogP contribution is -2.39. The standard InChI is InChI=1S/C26H29N5O3/c1-18-16-28-24(14-23(18)30-26(33)29-22-10-13-34-17-22)25(32)31-11-8-21(9-12-31)20-5-3-2-4-19(15-27)6-7-20/h6-7,14,16,21-22H,4-5,8-13,17H2,1H3,(H2,28,29,30,33)/b19-6+,20-7+. The highest BCUT2D eigenvalue weighted by Crippen LogP contribution is 2.28. The van der Waals surface area contributed by atoms with Crippen molar-refractivity contribution in [3.63, 3.8) is 0 Å². The monoisotopic (exact) mass is 459 g/mol. The Morgan fingerprint density at radius 2 is 2.00 bits per heavy atom. The van der Waals surface area contributed by atoms with Gasteiger partial charge < -0.3 is 20.3 Å². The zero-order valence-corrected chi connectivity index (χ0v) is 19.4. The number of piperidine rings is 1. The summed E-state index contributed by atoms with van der Waals surface area (Å²) in [7, 11) is 0. The molecule has 8 nitrogen and oxygen atoms in total. The molecule has 34 heavy (non-hydrogen) atoms. The summed E-state index contributed by atoms with van der Waals surface area (Å²) < 4.78 is 5.29. The Labute approximate surface area is 200 Å². The molecule has 0 bridgehead atoms. The van der Waals surface area contributed by atoms with E-state index in [2.05, 4.69) is 33.5 Å². The fourth-order valence-corrected chi connectivity index (χ4v) is 4.39. The molecule has 2 N–H and O–H groups in total. The minimum atomic E-state index is -0.312. The quantitative estimate of drug-likeness (QED) is 0.672. The maximum atomic E-state index is 13.1. The molecule has 3 aliphatic rings. The number of rotatable bonds is 4. The molecule has 176 valence electrons. The van der Waals surface area contributed by atoms with Gasteiger partial charge in [-0.2, -0.15) is 5.26 Å². The van der Waals surface area contributed by atoms with Gasteiger partial charge in [-0.3, -0.25) is 9.78 Å². The van der Waals surface area contributed by atoms with E-state index in [9.17, 15) is 9.59 Å². The number of hydrogen-bond donors (Lipinski definition) is 2. The summed E-state index contributed by atoms with van der Waals surface area (Å²) in [5.41, 5.74) is 3.59. The number of carbonyl (C=O) groups is 2. The number of amides is 3. The van der Waals surface area contributed by atoms with Crippen LogP contribution < -0.4 is 10.6 Å². The lowest BCUT2D eigenvalue weighted by molar-refractivity contribution is 0.0695. The second kappa shape index (κ2) is 11.0. The van der Waals surface area contributed by atoms with Crippen molar-refractivity contribution < 1.29 is 14.3 Å². The van der Waals surface area contributed by atoms with E-state index in [0.29, 0.717) is 62.0 Å². The Kier molecular flexibility index (Phi) is 7.61. The van der Waals surface area contributed by atoms with Crippen LogP contribution in [0, 0.1) is 36.0 Å². The third kappa shape index (κ3) is 5.84. The summed E-state index contributed by atoms with van der Waals surface area (Å²) in [6, 6.07) is 3.53. The van der Waals surface area contributed by atoms with Crippen molar-refractivity contribution in [1.29, 1.82) is 5.26 Å². The molecule has 1 unspecified atom stereocenters. The summed E-state index contributed by atoms with van der Waals surface area (Å²) in [6.45, 7) is 4.27. The van der Waals surface area contributed by atoms with Crippen LogP contribution in [0.3, 0.4) is 0 Å². The molecule has 1 aromatic heterocycles. The Bertz CT molecular complexity index is 1110. The molecule has 0 radical (unpaired) electrons. The van der Waals surface area contributed by atoms with Crippen molar-refractivity contribution in [3.05, 3.63) is 46.8 Å². The lowest BCUT2D eigenvalue weighted by atomic mass is 9.86. The largest absolute Gasteiger partial charge is 0.379 e. The van der Waals surface area contributed by atoms with Crippen LogP contribution in [0.2, 0.25) is 0 Å². The van der Waals surface area contributed by atoms with Gasteiger partial charge in [0.05, 0.1) is 18.7 Å². The Balaban J connectivity index is 1.36. The number of nitrogens with one attached hydrogen (secondary N) is 2. The molecule has 2 aliphatic heterocycles. The van der Waals surface area contributed by atoms with Gasteiger partial charge >= 0.3 is 6.03 Å². The van der Waals surface area contributed by atoms with E-state index >= 15 is 0 Å². The molecular weight excluding hydrogens is 430 g/mol. The molecule has 4 rings (SSSR count). The van der Waals surface area contributed by atoms with E-state index in [0.717, 1.165) is 24.8 Å². The first-order valence-electron chi connectivity index (χ1n) is 11.7. The van der Waals surface area contributed by atoms with Crippen molar-refractivity contribution in [2.24, 2.45) is 5.92 Å². The van der Waals surface area contributed by atoms with Gasteiger partial charge in [-0.15, -0.1) is 0 Å². The van der Waals surface area contributed by atoms with E-state index in [-0.39, 0.29) is 18.0 Å². The third-order valence-corrected chi connectivity index (χ3v) is 6.48. The molecule has 2 fully saturated rings. The zero-order valence-electron chi connectivity index (χ0n) is 19.4. The summed E-state index contributed by atoms with van der Waals surface area (Å²) in [5, 5.41) is 14.9. The van der Waals surface area contributed by atoms with E-state index < -0.39 is 0 Å². The fraction of sp³-hybridized carbons (Fsp3) is 0.462. The molecule has 3 heterocycles. The normalized spacial score (nSPS) is 23.6. The number of anilines is 1. The molecule has 8 heteroatoms. The summed E-state index contributed by atoms with van der Waals surface area (Å²) in [4.78, 5) is 31.6. The van der Waals surface area contributed by atoms with E-state index in [1.165, 1.54) is 5.57 Å². The molecular formula is C26H29N5O3. The van der Waals surface area contributed by atoms with Crippen LogP contribution >= 0.6 is 0 Å². The number of pyridine rings is 1. The van der Waals surface area contributed by atoms with Gasteiger partial charge in [0.15, 0.2) is 0 Å². The molecule has 2 saturated heterocycles. The number of allylic oxidation sites excluding steroid dienone is 4. The number of urea groups is 1. The van der Waals surface area contributed by atoms with Crippen LogP contribution in [0.1, 0.15) is 48.2 Å². The highest BCUT2D eigenvalue weighted by molar-refractivity contribution is 5.96. The van der Waals surface area contributed by atoms with Gasteiger partial charge in [-0.1, -0.05) is 23.5 Å². The lowest BCUT2D eigenvalue weighted by Gasteiger charge is -2.33. The summed E-state index contributed by atoms with van der Waals surface area (Å²) >= 11 is 0. The molecule has 3 amide bonds. The average molecular weight is 460 g/mol. The van der Waals surface area contributed by atoms with Crippen molar-refractivity contribution in [2.45, 2.75) is 45.1 Å². The zero-order chi connectivity index (χ0) is 23.9. The minimum absolute atomic E-state index is 0.00505. The summed E-state index contributed by atoms with van der Waals surface area (Å²) in [6.07, 6.45) is 9.22. The van der Waals surface area contributed by atoms with Crippen molar-refractivity contribution in [2.75, 3.05) is 31.6 Å². The number of aromatic nitrogens is 1. The van der Waals surface area contributed by atoms with Crippen LogP contribution in [0.15, 0.2) is 35.6 Å². The molecule has 1 atom stereocenters. The molecule has 0 spiro atoms. The van der Waals surface area contributed by atoms with Crippen LogP contribution in [-0.4, -0.2) is 54.2 Å². The fourth-order valence-electron chi connectivity index (χ4n) is 4.39. The van der Waals surface area contributed by atoms with Crippen LogP contribution in [0.4, 0.5) is 10.5 Å². The molecule has 1 aliphatic carbocycles. The first-order chi connectivity index (χ1) is 16.5. The van der Waals surface area contributed by atoms with Crippen molar-refractivity contribution in [1.82, 2.24) is 15.2 Å². The highest BCUT2D eigenvalue weighted by Gasteiger charge is 2.27. The predicted octanol–water partition coefficient (Wildman–Crippen LogP) is 3.33. The molecule has 0 saturated carbocycles. The van der Waals surface area contributed by atoms with Crippen molar-refractivity contribution in [3.8, 4) is 17.9 Å². The maximum absolute atomic E-state index is 13.1. The number of carbonyl (C=O) groups excluding carboxylic acids is 2. The van der Waals surface area contributed by atoms with Crippen LogP contribution in [0.5, 0.6) is 0 Å². The SMILES string of the molecule is Cc1cnc(C(=O)N2CCC(/C3=C/C=C(/C#N)CC#CC3)CC2)cc1NC(=O)NC1CCOC1. The van der Waals surface area contributed by atoms with E-state index in [1.54, 1.807) is 12.3 Å². The number of hydrogen-bond acceptors (Lipinski definition) is 5. The second-order valence-electron chi connectivity index (χ2n) is 8.86. The Hall–Kier alpha value is -3.62. The topological polar surface area (TPSA) is 107 Å². The average Bonchev–Trinajstić information content (AvgIpc) is 3.33. The molecule has 1 aromatic rings. The third-order valence-electron chi connectivity index (χ3n) is 6.48. The van der Waals surface area contributed by atoms with Gasteiger partial charge in [0, 0.05) is 50.0 Å². The van der Waals surface area contributed by atoms with Gasteiger partial charge in [0.1, 0.15) is 5.69 Å². The minimum Gasteiger partial charge on any atom is -0.379 e. The number of ether oxygens (including phenoxy) is 1. The number of likely N-dealkylation sites (tertiary alicyclic amines) is 1. The number of nitrogens with zero attached hydrogens (tertiary/aromatic N) is 3. The first kappa shape index (κ1) is 23.5. The van der Waals surface area contributed by atoms with E-state index in [4.69, 9.17) is 10.00 Å². The highest BCUT2D eigenvalue weighted by atomic mass is 16.5. The predicted molar refractivity (Wildman–Crippen MR) is 128 cm³/mol.